The molecule has 0 unspecified atom stereocenters. The van der Waals surface area contributed by atoms with Crippen LogP contribution in [-0.2, 0) is 13.0 Å². The van der Waals surface area contributed by atoms with E-state index in [2.05, 4.69) is 5.10 Å². The van der Waals surface area contributed by atoms with Gasteiger partial charge in [0.2, 0.25) is 0 Å². The predicted octanol–water partition coefficient (Wildman–Crippen LogP) is 2.96. The van der Waals surface area contributed by atoms with Gasteiger partial charge >= 0.3 is 0 Å². The Hall–Kier alpha value is -2.59. The van der Waals surface area contributed by atoms with Crippen LogP contribution in [-0.4, -0.2) is 22.0 Å². The molecule has 22 heavy (non-hydrogen) atoms. The van der Waals surface area contributed by atoms with Crippen LogP contribution in [0.4, 0.5) is 0 Å². The lowest BCUT2D eigenvalue weighted by atomic mass is 10.1. The first kappa shape index (κ1) is 14.4. The minimum atomic E-state index is -0.0601. The highest BCUT2D eigenvalue weighted by molar-refractivity contribution is 5.36. The molecule has 0 radical (unpaired) electrons. The van der Waals surface area contributed by atoms with Gasteiger partial charge in [0.1, 0.15) is 5.75 Å². The van der Waals surface area contributed by atoms with Crippen LogP contribution in [0.5, 0.6) is 5.75 Å². The van der Waals surface area contributed by atoms with E-state index in [-0.39, 0.29) is 6.61 Å². The van der Waals surface area contributed by atoms with E-state index in [1.54, 1.807) is 7.11 Å². The third-order valence-electron chi connectivity index (χ3n) is 3.54. The minimum Gasteiger partial charge on any atom is -0.497 e. The van der Waals surface area contributed by atoms with Crippen LogP contribution in [0.1, 0.15) is 17.0 Å². The van der Waals surface area contributed by atoms with Gasteiger partial charge in [-0.15, -0.1) is 0 Å². The second-order valence-electron chi connectivity index (χ2n) is 5.06. The van der Waals surface area contributed by atoms with Crippen molar-refractivity contribution >= 4 is 0 Å². The molecular weight excluding hydrogens is 276 g/mol. The fraction of sp³-hybridized carbons (Fsp3) is 0.167. The lowest BCUT2D eigenvalue weighted by Gasteiger charge is -2.08. The van der Waals surface area contributed by atoms with E-state index < -0.39 is 0 Å². The van der Waals surface area contributed by atoms with Crippen molar-refractivity contribution in [2.45, 2.75) is 13.0 Å². The molecule has 0 bridgehead atoms. The van der Waals surface area contributed by atoms with E-state index in [9.17, 15) is 5.11 Å². The van der Waals surface area contributed by atoms with Crippen LogP contribution in [0.3, 0.4) is 0 Å². The van der Waals surface area contributed by atoms with E-state index >= 15 is 0 Å². The Kier molecular flexibility index (Phi) is 4.21. The maximum absolute atomic E-state index is 9.36. The number of methoxy groups -OCH3 is 1. The van der Waals surface area contributed by atoms with Gasteiger partial charge in [-0.3, -0.25) is 0 Å². The third-order valence-corrected chi connectivity index (χ3v) is 3.54. The van der Waals surface area contributed by atoms with Crippen molar-refractivity contribution in [2.24, 2.45) is 0 Å². The lowest BCUT2D eigenvalue weighted by Crippen LogP contribution is -2.03. The number of hydrogen-bond donors (Lipinski definition) is 1. The van der Waals surface area contributed by atoms with Gasteiger partial charge in [0.25, 0.3) is 0 Å². The van der Waals surface area contributed by atoms with Crippen LogP contribution >= 0.6 is 0 Å². The molecule has 0 aliphatic carbocycles. The lowest BCUT2D eigenvalue weighted by molar-refractivity contribution is 0.276. The summed E-state index contributed by atoms with van der Waals surface area (Å²) in [5, 5.41) is 13.8. The Bertz CT molecular complexity index is 734. The standard InChI is InChI=1S/C18H18N2O2/c1-22-18-9-7-14(8-10-18)11-17-12-15(13-21)19-20(17)16-5-3-2-4-6-16/h2-10,12,21H,11,13H2,1H3. The zero-order valence-electron chi connectivity index (χ0n) is 12.4. The van der Waals surface area contributed by atoms with Gasteiger partial charge in [-0.2, -0.15) is 5.10 Å². The van der Waals surface area contributed by atoms with Crippen LogP contribution in [0.15, 0.2) is 60.7 Å². The SMILES string of the molecule is COc1ccc(Cc2cc(CO)nn2-c2ccccc2)cc1. The fourth-order valence-corrected chi connectivity index (χ4v) is 2.42. The normalized spacial score (nSPS) is 10.6. The molecule has 0 saturated carbocycles. The van der Waals surface area contributed by atoms with Gasteiger partial charge in [0, 0.05) is 12.1 Å². The Balaban J connectivity index is 1.93. The number of aliphatic hydroxyl groups is 1. The number of aromatic nitrogens is 2. The van der Waals surface area contributed by atoms with Crippen LogP contribution < -0.4 is 4.74 Å². The molecule has 0 saturated heterocycles. The molecule has 3 rings (SSSR count). The average Bonchev–Trinajstić information content (AvgIpc) is 2.99. The first-order valence-electron chi connectivity index (χ1n) is 7.17. The summed E-state index contributed by atoms with van der Waals surface area (Å²) in [7, 11) is 1.66. The predicted molar refractivity (Wildman–Crippen MR) is 85.3 cm³/mol. The molecule has 0 spiro atoms. The quantitative estimate of drug-likeness (QED) is 0.787. The summed E-state index contributed by atoms with van der Waals surface area (Å²) in [5.41, 5.74) is 3.88. The van der Waals surface area contributed by atoms with Crippen molar-refractivity contribution < 1.29 is 9.84 Å². The number of para-hydroxylation sites is 1. The molecule has 0 aliphatic rings. The fourth-order valence-electron chi connectivity index (χ4n) is 2.42. The van der Waals surface area contributed by atoms with Crippen molar-refractivity contribution in [1.29, 1.82) is 0 Å². The topological polar surface area (TPSA) is 47.3 Å². The van der Waals surface area contributed by atoms with Crippen molar-refractivity contribution in [2.75, 3.05) is 7.11 Å². The minimum absolute atomic E-state index is 0.0601. The van der Waals surface area contributed by atoms with E-state index in [0.29, 0.717) is 5.69 Å². The molecule has 0 fully saturated rings. The monoisotopic (exact) mass is 294 g/mol. The molecule has 1 aromatic heterocycles. The Morgan fingerprint density at radius 3 is 2.41 bits per heavy atom. The van der Waals surface area contributed by atoms with Gasteiger partial charge in [-0.05, 0) is 35.9 Å². The van der Waals surface area contributed by atoms with Crippen molar-refractivity contribution in [3.8, 4) is 11.4 Å². The second kappa shape index (κ2) is 6.45. The average molecular weight is 294 g/mol. The van der Waals surface area contributed by atoms with E-state index in [1.807, 2.05) is 65.3 Å². The molecule has 3 aromatic rings. The summed E-state index contributed by atoms with van der Waals surface area (Å²) >= 11 is 0. The molecule has 1 heterocycles. The maximum Gasteiger partial charge on any atom is 0.118 e. The molecule has 112 valence electrons. The first-order valence-corrected chi connectivity index (χ1v) is 7.17. The highest BCUT2D eigenvalue weighted by atomic mass is 16.5. The Labute approximate surface area is 129 Å². The first-order chi connectivity index (χ1) is 10.8. The maximum atomic E-state index is 9.36. The van der Waals surface area contributed by atoms with Gasteiger partial charge in [0.15, 0.2) is 0 Å². The van der Waals surface area contributed by atoms with Gasteiger partial charge in [0.05, 0.1) is 25.1 Å². The summed E-state index contributed by atoms with van der Waals surface area (Å²) < 4.78 is 7.07. The molecule has 4 heteroatoms. The molecule has 0 amide bonds. The Morgan fingerprint density at radius 1 is 1.05 bits per heavy atom. The van der Waals surface area contributed by atoms with Crippen LogP contribution in [0, 0.1) is 0 Å². The van der Waals surface area contributed by atoms with Crippen molar-refractivity contribution in [3.63, 3.8) is 0 Å². The number of benzene rings is 2. The van der Waals surface area contributed by atoms with Crippen LogP contribution in [0.2, 0.25) is 0 Å². The molecular formula is C18H18N2O2. The van der Waals surface area contributed by atoms with Gasteiger partial charge in [-0.25, -0.2) is 4.68 Å². The molecule has 4 nitrogen and oxygen atoms in total. The summed E-state index contributed by atoms with van der Waals surface area (Å²) in [4.78, 5) is 0. The van der Waals surface area contributed by atoms with E-state index in [1.165, 1.54) is 5.56 Å². The third kappa shape index (κ3) is 3.02. The van der Waals surface area contributed by atoms with E-state index in [4.69, 9.17) is 4.74 Å². The van der Waals surface area contributed by atoms with E-state index in [0.717, 1.165) is 23.6 Å². The van der Waals surface area contributed by atoms with Crippen molar-refractivity contribution in [3.05, 3.63) is 77.6 Å². The Morgan fingerprint density at radius 2 is 1.77 bits per heavy atom. The molecule has 0 aliphatic heterocycles. The zero-order chi connectivity index (χ0) is 15.4. The largest absolute Gasteiger partial charge is 0.497 e. The number of rotatable bonds is 5. The number of ether oxygens (including phenoxy) is 1. The highest BCUT2D eigenvalue weighted by Gasteiger charge is 2.10. The van der Waals surface area contributed by atoms with Crippen molar-refractivity contribution in [1.82, 2.24) is 9.78 Å². The van der Waals surface area contributed by atoms with Gasteiger partial charge in [-0.1, -0.05) is 30.3 Å². The summed E-state index contributed by atoms with van der Waals surface area (Å²) in [6, 6.07) is 19.9. The van der Waals surface area contributed by atoms with Crippen LogP contribution in [0.25, 0.3) is 5.69 Å². The molecule has 0 atom stereocenters. The van der Waals surface area contributed by atoms with Gasteiger partial charge < -0.3 is 9.84 Å². The number of aliphatic hydroxyl groups excluding tert-OH is 1. The second-order valence-corrected chi connectivity index (χ2v) is 5.06. The number of nitrogens with zero attached hydrogens (tertiary/aromatic N) is 2. The zero-order valence-corrected chi connectivity index (χ0v) is 12.4. The molecule has 1 N–H and O–H groups in total. The highest BCUT2D eigenvalue weighted by Crippen LogP contribution is 2.18. The number of hydrogen-bond acceptors (Lipinski definition) is 3. The summed E-state index contributed by atoms with van der Waals surface area (Å²) in [6.45, 7) is -0.0601. The summed E-state index contributed by atoms with van der Waals surface area (Å²) in [6.07, 6.45) is 0.742. The molecule has 2 aromatic carbocycles. The smallest absolute Gasteiger partial charge is 0.118 e. The summed E-state index contributed by atoms with van der Waals surface area (Å²) in [5.74, 6) is 0.844.